The summed E-state index contributed by atoms with van der Waals surface area (Å²) in [5.74, 6) is -0.426. The molecule has 2 aromatic rings. The summed E-state index contributed by atoms with van der Waals surface area (Å²) in [7, 11) is 0. The van der Waals surface area contributed by atoms with Crippen LogP contribution in [0, 0.1) is 0 Å². The Kier molecular flexibility index (Phi) is 4.85. The van der Waals surface area contributed by atoms with E-state index < -0.39 is 24.0 Å². The number of rotatable bonds is 4. The van der Waals surface area contributed by atoms with Gasteiger partial charge < -0.3 is 9.47 Å². The van der Waals surface area contributed by atoms with Crippen molar-refractivity contribution in [1.82, 2.24) is 9.55 Å². The van der Waals surface area contributed by atoms with E-state index in [1.165, 1.54) is 10.8 Å². The van der Waals surface area contributed by atoms with Crippen molar-refractivity contribution in [2.75, 3.05) is 0 Å². The molecule has 7 nitrogen and oxygen atoms in total. The molecule has 0 unspecified atom stereocenters. The number of aromatic amines is 1. The van der Waals surface area contributed by atoms with Crippen LogP contribution in [0.5, 0.6) is 0 Å². The van der Waals surface area contributed by atoms with Crippen LogP contribution in [-0.2, 0) is 15.9 Å². The first-order valence-corrected chi connectivity index (χ1v) is 8.25. The molecule has 0 bridgehead atoms. The molecule has 3 rings (SSSR count). The SMILES string of the molecule is CCc1cn([C@H]2C[C@H](OC(=O)c3ccccc3)[C@@H](C)O2)c(=O)[nH]c1=O. The van der Waals surface area contributed by atoms with Crippen LogP contribution in [0.2, 0.25) is 0 Å². The molecular weight excluding hydrogens is 324 g/mol. The van der Waals surface area contributed by atoms with Crippen molar-refractivity contribution in [3.05, 3.63) is 68.5 Å². The summed E-state index contributed by atoms with van der Waals surface area (Å²) in [6.07, 6.45) is 0.945. The van der Waals surface area contributed by atoms with Gasteiger partial charge in [0.05, 0.1) is 11.7 Å². The molecule has 0 saturated carbocycles. The number of hydrogen-bond acceptors (Lipinski definition) is 5. The molecule has 1 saturated heterocycles. The average Bonchev–Trinajstić information content (AvgIpc) is 2.96. The first-order chi connectivity index (χ1) is 12.0. The second-order valence-electron chi connectivity index (χ2n) is 6.02. The molecule has 1 aromatic carbocycles. The van der Waals surface area contributed by atoms with Gasteiger partial charge in [-0.2, -0.15) is 0 Å². The van der Waals surface area contributed by atoms with Gasteiger partial charge in [0.15, 0.2) is 0 Å². The fourth-order valence-electron chi connectivity index (χ4n) is 2.88. The molecule has 1 aromatic heterocycles. The van der Waals surface area contributed by atoms with Crippen molar-refractivity contribution < 1.29 is 14.3 Å². The highest BCUT2D eigenvalue weighted by atomic mass is 16.6. The molecule has 25 heavy (non-hydrogen) atoms. The third kappa shape index (κ3) is 3.56. The zero-order valence-electron chi connectivity index (χ0n) is 14.1. The molecule has 0 spiro atoms. The summed E-state index contributed by atoms with van der Waals surface area (Å²) in [5, 5.41) is 0. The number of nitrogens with one attached hydrogen (secondary N) is 1. The first-order valence-electron chi connectivity index (χ1n) is 8.25. The van der Waals surface area contributed by atoms with E-state index in [0.29, 0.717) is 24.0 Å². The fourth-order valence-corrected chi connectivity index (χ4v) is 2.88. The van der Waals surface area contributed by atoms with Gasteiger partial charge in [-0.25, -0.2) is 9.59 Å². The highest BCUT2D eigenvalue weighted by Crippen LogP contribution is 2.30. The van der Waals surface area contributed by atoms with Gasteiger partial charge in [-0.15, -0.1) is 0 Å². The van der Waals surface area contributed by atoms with E-state index in [1.54, 1.807) is 31.2 Å². The summed E-state index contributed by atoms with van der Waals surface area (Å²) >= 11 is 0. The number of aromatic nitrogens is 2. The maximum Gasteiger partial charge on any atom is 0.338 e. The molecule has 0 radical (unpaired) electrons. The predicted molar refractivity (Wildman–Crippen MR) is 90.5 cm³/mol. The summed E-state index contributed by atoms with van der Waals surface area (Å²) < 4.78 is 12.7. The van der Waals surface area contributed by atoms with Crippen LogP contribution < -0.4 is 11.2 Å². The molecule has 132 valence electrons. The topological polar surface area (TPSA) is 90.4 Å². The van der Waals surface area contributed by atoms with Crippen LogP contribution >= 0.6 is 0 Å². The van der Waals surface area contributed by atoms with Crippen LogP contribution in [0.4, 0.5) is 0 Å². The van der Waals surface area contributed by atoms with Gasteiger partial charge >= 0.3 is 11.7 Å². The lowest BCUT2D eigenvalue weighted by atomic mass is 10.2. The van der Waals surface area contributed by atoms with Gasteiger partial charge in [0.25, 0.3) is 5.56 Å². The van der Waals surface area contributed by atoms with Crippen LogP contribution in [0.25, 0.3) is 0 Å². The lowest BCUT2D eigenvalue weighted by Crippen LogP contribution is -2.34. The Labute approximate surface area is 144 Å². The number of H-pyrrole nitrogens is 1. The first kappa shape index (κ1) is 17.2. The van der Waals surface area contributed by atoms with Gasteiger partial charge in [0.2, 0.25) is 0 Å². The van der Waals surface area contributed by atoms with Gasteiger partial charge in [-0.3, -0.25) is 14.3 Å². The van der Waals surface area contributed by atoms with Crippen molar-refractivity contribution in [2.45, 2.75) is 45.1 Å². The smallest absolute Gasteiger partial charge is 0.338 e. The largest absolute Gasteiger partial charge is 0.456 e. The highest BCUT2D eigenvalue weighted by Gasteiger charge is 2.36. The normalized spacial score (nSPS) is 22.7. The Bertz CT molecular complexity index is 871. The number of nitrogens with zero attached hydrogens (tertiary/aromatic N) is 1. The number of esters is 1. The third-order valence-corrected chi connectivity index (χ3v) is 4.33. The van der Waals surface area contributed by atoms with Gasteiger partial charge in [-0.05, 0) is 25.5 Å². The van der Waals surface area contributed by atoms with Crippen molar-refractivity contribution in [1.29, 1.82) is 0 Å². The predicted octanol–water partition coefficient (Wildman–Crippen LogP) is 1.63. The number of ether oxygens (including phenoxy) is 2. The van der Waals surface area contributed by atoms with Gasteiger partial charge in [0.1, 0.15) is 12.3 Å². The van der Waals surface area contributed by atoms with E-state index in [2.05, 4.69) is 4.98 Å². The molecule has 1 aliphatic heterocycles. The van der Waals surface area contributed by atoms with E-state index in [9.17, 15) is 14.4 Å². The van der Waals surface area contributed by atoms with Crippen molar-refractivity contribution >= 4 is 5.97 Å². The Hall–Kier alpha value is -2.67. The Morgan fingerprint density at radius 3 is 2.72 bits per heavy atom. The van der Waals surface area contributed by atoms with Crippen LogP contribution in [0.15, 0.2) is 46.1 Å². The molecule has 0 aliphatic carbocycles. The number of carbonyl (C=O) groups excluding carboxylic acids is 1. The van der Waals surface area contributed by atoms with E-state index in [1.807, 2.05) is 13.0 Å². The number of benzene rings is 1. The molecule has 2 heterocycles. The van der Waals surface area contributed by atoms with Crippen molar-refractivity contribution in [3.63, 3.8) is 0 Å². The van der Waals surface area contributed by atoms with Crippen molar-refractivity contribution in [3.8, 4) is 0 Å². The Morgan fingerprint density at radius 2 is 2.04 bits per heavy atom. The second kappa shape index (κ2) is 7.06. The molecular formula is C18H20N2O5. The zero-order chi connectivity index (χ0) is 18.0. The van der Waals surface area contributed by atoms with Gasteiger partial charge in [0, 0.05) is 18.2 Å². The van der Waals surface area contributed by atoms with Crippen LogP contribution in [0.3, 0.4) is 0 Å². The maximum atomic E-state index is 12.2. The molecule has 3 atom stereocenters. The average molecular weight is 344 g/mol. The van der Waals surface area contributed by atoms with E-state index in [-0.39, 0.29) is 11.7 Å². The number of aryl methyl sites for hydroxylation is 1. The van der Waals surface area contributed by atoms with Gasteiger partial charge in [-0.1, -0.05) is 25.1 Å². The molecule has 0 amide bonds. The maximum absolute atomic E-state index is 12.2. The minimum absolute atomic E-state index is 0.342. The number of hydrogen-bond donors (Lipinski definition) is 1. The lowest BCUT2D eigenvalue weighted by Gasteiger charge is -2.14. The summed E-state index contributed by atoms with van der Waals surface area (Å²) in [4.78, 5) is 38.3. The number of carbonyl (C=O) groups is 1. The summed E-state index contributed by atoms with van der Waals surface area (Å²) in [5.41, 5.74) is 0.0458. The minimum Gasteiger partial charge on any atom is -0.456 e. The summed E-state index contributed by atoms with van der Waals surface area (Å²) in [6, 6.07) is 8.71. The third-order valence-electron chi connectivity index (χ3n) is 4.33. The van der Waals surface area contributed by atoms with E-state index in [0.717, 1.165) is 0 Å². The molecule has 1 fully saturated rings. The highest BCUT2D eigenvalue weighted by molar-refractivity contribution is 5.89. The zero-order valence-corrected chi connectivity index (χ0v) is 14.1. The Morgan fingerprint density at radius 1 is 1.32 bits per heavy atom. The monoisotopic (exact) mass is 344 g/mol. The lowest BCUT2D eigenvalue weighted by molar-refractivity contribution is -0.0209. The quantitative estimate of drug-likeness (QED) is 0.852. The Balaban J connectivity index is 1.77. The molecule has 1 aliphatic rings. The van der Waals surface area contributed by atoms with E-state index >= 15 is 0 Å². The molecule has 1 N–H and O–H groups in total. The fraction of sp³-hybridized carbons (Fsp3) is 0.389. The van der Waals surface area contributed by atoms with Crippen molar-refractivity contribution in [2.24, 2.45) is 0 Å². The van der Waals surface area contributed by atoms with Crippen LogP contribution in [0.1, 0.15) is 42.4 Å². The minimum atomic E-state index is -0.585. The molecule has 7 heteroatoms. The van der Waals surface area contributed by atoms with E-state index in [4.69, 9.17) is 9.47 Å². The summed E-state index contributed by atoms with van der Waals surface area (Å²) in [6.45, 7) is 3.63. The van der Waals surface area contributed by atoms with Crippen LogP contribution in [-0.4, -0.2) is 27.7 Å². The standard InChI is InChI=1S/C18H20N2O5/c1-3-12-10-20(18(23)19-16(12)21)15-9-14(11(2)24-15)25-17(22)13-7-5-4-6-8-13/h4-8,10-11,14-15H,3,9H2,1-2H3,(H,19,21,23)/t11-,14+,15-/m1/s1. The second-order valence-corrected chi connectivity index (χ2v) is 6.02.